The van der Waals surface area contributed by atoms with E-state index in [4.69, 9.17) is 10.8 Å². The van der Waals surface area contributed by atoms with Crippen molar-refractivity contribution in [3.05, 3.63) is 52.0 Å². The van der Waals surface area contributed by atoms with Gasteiger partial charge in [0.15, 0.2) is 5.76 Å². The summed E-state index contributed by atoms with van der Waals surface area (Å²) in [6.45, 7) is -0.636. The van der Waals surface area contributed by atoms with Crippen molar-refractivity contribution in [2.45, 2.75) is 12.6 Å². The summed E-state index contributed by atoms with van der Waals surface area (Å²) < 4.78 is 9.13. The SMILES string of the molecule is CN(CC(O)CO)C(=O)c1cc(N)cc(C(=O)NCc2coc(=O)o2)c1. The summed E-state index contributed by atoms with van der Waals surface area (Å²) in [6, 6.07) is 4.14. The lowest BCUT2D eigenvalue weighted by atomic mass is 10.1. The molecule has 2 aromatic rings. The number of hydrogen-bond donors (Lipinski definition) is 4. The number of likely N-dealkylation sites (N-methyl/N-ethyl adjacent to an activating group) is 1. The normalized spacial score (nSPS) is 11.8. The predicted octanol–water partition coefficient (Wildman–Crippen LogP) is -0.830. The van der Waals surface area contributed by atoms with Gasteiger partial charge >= 0.3 is 5.82 Å². The van der Waals surface area contributed by atoms with Crippen LogP contribution in [0.25, 0.3) is 0 Å². The number of rotatable bonds is 7. The first-order valence-corrected chi connectivity index (χ1v) is 7.60. The van der Waals surface area contributed by atoms with Gasteiger partial charge < -0.3 is 35.0 Å². The van der Waals surface area contributed by atoms with Crippen molar-refractivity contribution >= 4 is 17.5 Å². The van der Waals surface area contributed by atoms with Gasteiger partial charge in [-0.3, -0.25) is 9.59 Å². The van der Waals surface area contributed by atoms with Crippen LogP contribution >= 0.6 is 0 Å². The molecule has 26 heavy (non-hydrogen) atoms. The van der Waals surface area contributed by atoms with Crippen LogP contribution in [0.2, 0.25) is 0 Å². The molecular weight excluding hydrogens is 346 g/mol. The van der Waals surface area contributed by atoms with Gasteiger partial charge in [0.25, 0.3) is 11.8 Å². The molecule has 0 saturated heterocycles. The number of nitrogen functional groups attached to an aromatic ring is 1. The number of aliphatic hydroxyl groups excluding tert-OH is 2. The minimum absolute atomic E-state index is 0.0781. The first-order chi connectivity index (χ1) is 12.3. The predicted molar refractivity (Wildman–Crippen MR) is 89.3 cm³/mol. The number of anilines is 1. The number of nitrogens with two attached hydrogens (primary N) is 1. The molecule has 0 radical (unpaired) electrons. The van der Waals surface area contributed by atoms with Gasteiger partial charge in [0.05, 0.1) is 19.3 Å². The monoisotopic (exact) mass is 365 g/mol. The van der Waals surface area contributed by atoms with Gasteiger partial charge in [-0.2, -0.15) is 0 Å². The van der Waals surface area contributed by atoms with E-state index in [1.165, 1.54) is 30.1 Å². The third-order valence-corrected chi connectivity index (χ3v) is 3.43. The van der Waals surface area contributed by atoms with Crippen LogP contribution in [-0.4, -0.2) is 53.2 Å². The van der Waals surface area contributed by atoms with Gasteiger partial charge in [-0.15, -0.1) is 0 Å². The summed E-state index contributed by atoms with van der Waals surface area (Å²) >= 11 is 0. The minimum atomic E-state index is -1.07. The van der Waals surface area contributed by atoms with Crippen molar-refractivity contribution in [2.75, 3.05) is 25.9 Å². The van der Waals surface area contributed by atoms with Gasteiger partial charge in [-0.25, -0.2) is 4.79 Å². The highest BCUT2D eigenvalue weighted by atomic mass is 16.6. The lowest BCUT2D eigenvalue weighted by molar-refractivity contribution is 0.0520. The largest absolute Gasteiger partial charge is 0.518 e. The highest BCUT2D eigenvalue weighted by Gasteiger charge is 2.18. The minimum Gasteiger partial charge on any atom is -0.399 e. The fourth-order valence-corrected chi connectivity index (χ4v) is 2.20. The summed E-state index contributed by atoms with van der Waals surface area (Å²) in [5.41, 5.74) is 6.24. The van der Waals surface area contributed by atoms with E-state index >= 15 is 0 Å². The molecule has 1 aromatic carbocycles. The topological polar surface area (TPSA) is 159 Å². The Morgan fingerprint density at radius 2 is 2.00 bits per heavy atom. The molecule has 2 rings (SSSR count). The molecule has 0 aliphatic heterocycles. The highest BCUT2D eigenvalue weighted by molar-refractivity contribution is 6.00. The smallest absolute Gasteiger partial charge is 0.399 e. The molecule has 0 aliphatic rings. The second-order valence-corrected chi connectivity index (χ2v) is 5.60. The van der Waals surface area contributed by atoms with Crippen LogP contribution in [0.1, 0.15) is 26.5 Å². The first kappa shape index (κ1) is 19.2. The average Bonchev–Trinajstić information content (AvgIpc) is 3.03. The summed E-state index contributed by atoms with van der Waals surface area (Å²) in [7, 11) is 1.45. The van der Waals surface area contributed by atoms with E-state index in [0.717, 1.165) is 6.26 Å². The highest BCUT2D eigenvalue weighted by Crippen LogP contribution is 2.14. The van der Waals surface area contributed by atoms with E-state index in [1.54, 1.807) is 0 Å². The molecular formula is C16H19N3O7. The summed E-state index contributed by atoms with van der Waals surface area (Å²) in [4.78, 5) is 36.6. The standard InChI is InChI=1S/C16H19N3O7/c1-19(6-12(21)7-20)15(23)10-2-9(3-11(17)4-10)14(22)18-5-13-8-25-16(24)26-13/h2-4,8,12,20-21H,5-7,17H2,1H3,(H,18,22). The maximum Gasteiger partial charge on any atom is 0.518 e. The molecule has 1 aromatic heterocycles. The van der Waals surface area contributed by atoms with E-state index in [1.807, 2.05) is 0 Å². The zero-order valence-electron chi connectivity index (χ0n) is 14.0. The third-order valence-electron chi connectivity index (χ3n) is 3.43. The van der Waals surface area contributed by atoms with Gasteiger partial charge in [-0.05, 0) is 18.2 Å². The molecule has 1 heterocycles. The van der Waals surface area contributed by atoms with Crippen molar-refractivity contribution in [2.24, 2.45) is 0 Å². The van der Waals surface area contributed by atoms with Crippen LogP contribution < -0.4 is 16.9 Å². The Balaban J connectivity index is 2.11. The van der Waals surface area contributed by atoms with Gasteiger partial charge in [0, 0.05) is 30.4 Å². The number of carbonyl (C=O) groups is 2. The molecule has 140 valence electrons. The molecule has 10 heteroatoms. The molecule has 1 atom stereocenters. The van der Waals surface area contributed by atoms with Gasteiger partial charge in [-0.1, -0.05) is 0 Å². The molecule has 0 bridgehead atoms. The lowest BCUT2D eigenvalue weighted by Gasteiger charge is -2.20. The molecule has 5 N–H and O–H groups in total. The number of carbonyl (C=O) groups excluding carboxylic acids is 2. The van der Waals surface area contributed by atoms with Crippen LogP contribution in [0.4, 0.5) is 5.69 Å². The Kier molecular flexibility index (Phi) is 6.15. The zero-order chi connectivity index (χ0) is 19.3. The Bertz CT molecular complexity index is 842. The number of hydrogen-bond acceptors (Lipinski definition) is 8. The lowest BCUT2D eigenvalue weighted by Crippen LogP contribution is -2.36. The quantitative estimate of drug-likeness (QED) is 0.463. The Morgan fingerprint density at radius 3 is 2.62 bits per heavy atom. The average molecular weight is 365 g/mol. The maximum atomic E-state index is 12.4. The number of amides is 2. The Hall–Kier alpha value is -3.11. The number of benzene rings is 1. The van der Waals surface area contributed by atoms with Crippen molar-refractivity contribution in [3.63, 3.8) is 0 Å². The van der Waals surface area contributed by atoms with E-state index in [-0.39, 0.29) is 35.7 Å². The molecule has 10 nitrogen and oxygen atoms in total. The van der Waals surface area contributed by atoms with E-state index < -0.39 is 30.3 Å². The second-order valence-electron chi connectivity index (χ2n) is 5.60. The third kappa shape index (κ3) is 4.94. The zero-order valence-corrected chi connectivity index (χ0v) is 14.0. The molecule has 0 saturated carbocycles. The fraction of sp³-hybridized carbons (Fsp3) is 0.312. The van der Waals surface area contributed by atoms with Crippen molar-refractivity contribution < 1.29 is 28.6 Å². The summed E-state index contributed by atoms with van der Waals surface area (Å²) in [6.07, 6.45) is 0.00984. The van der Waals surface area contributed by atoms with Gasteiger partial charge in [0.2, 0.25) is 0 Å². The number of nitrogens with zero attached hydrogens (tertiary/aromatic N) is 1. The van der Waals surface area contributed by atoms with E-state index in [0.29, 0.717) is 0 Å². The first-order valence-electron chi connectivity index (χ1n) is 7.60. The second kappa shape index (κ2) is 8.32. The van der Waals surface area contributed by atoms with Gasteiger partial charge in [0.1, 0.15) is 6.26 Å². The molecule has 0 fully saturated rings. The molecule has 0 aliphatic carbocycles. The molecule has 1 unspecified atom stereocenters. The number of aliphatic hydroxyl groups is 2. The summed E-state index contributed by atoms with van der Waals surface area (Å²) in [5.74, 6) is -1.74. The fourth-order valence-electron chi connectivity index (χ4n) is 2.20. The van der Waals surface area contributed by atoms with Crippen LogP contribution in [0.5, 0.6) is 0 Å². The summed E-state index contributed by atoms with van der Waals surface area (Å²) in [5, 5.41) is 20.8. The Labute approximate surface area is 147 Å². The van der Waals surface area contributed by atoms with Crippen LogP contribution in [0.3, 0.4) is 0 Å². The molecule has 2 amide bonds. The maximum absolute atomic E-state index is 12.4. The van der Waals surface area contributed by atoms with Crippen molar-refractivity contribution in [3.8, 4) is 0 Å². The van der Waals surface area contributed by atoms with Crippen LogP contribution in [0.15, 0.2) is 38.1 Å². The van der Waals surface area contributed by atoms with Crippen molar-refractivity contribution in [1.29, 1.82) is 0 Å². The van der Waals surface area contributed by atoms with Crippen LogP contribution in [0, 0.1) is 0 Å². The van der Waals surface area contributed by atoms with Crippen molar-refractivity contribution in [1.82, 2.24) is 10.2 Å². The Morgan fingerprint density at radius 1 is 1.31 bits per heavy atom. The molecule has 0 spiro atoms. The number of nitrogens with one attached hydrogen (secondary N) is 1. The van der Waals surface area contributed by atoms with E-state index in [9.17, 15) is 19.5 Å². The van der Waals surface area contributed by atoms with Crippen LogP contribution in [-0.2, 0) is 6.54 Å². The van der Waals surface area contributed by atoms with E-state index in [2.05, 4.69) is 14.2 Å².